The van der Waals surface area contributed by atoms with Gasteiger partial charge in [-0.1, -0.05) is 89.4 Å². The second-order valence-corrected chi connectivity index (χ2v) is 14.5. The van der Waals surface area contributed by atoms with Crippen LogP contribution in [0.25, 0.3) is 5.57 Å². The monoisotopic (exact) mass is 663 g/mol. The standard InChI is InChI=1S/C33H40Cl3N3O5/c1-21(40)16-24-12-9-13-25(17-24)27-18-26-19-38(22(2)41)20-28(39(26)31(43)44-32(3,4)33(34,35)36)29(27)30(42)37(5)15-14-23-10-7-6-8-11-23/h6-13,17,21,26,28,40H,14-16,18-20H2,1-5H3/t21?,26?,28-/m1/s1. The molecule has 2 aromatic carbocycles. The molecule has 0 aliphatic carbocycles. The van der Waals surface area contributed by atoms with Crippen LogP contribution < -0.4 is 0 Å². The maximum absolute atomic E-state index is 14.4. The number of alkyl halides is 3. The molecular formula is C33H40Cl3N3O5. The maximum Gasteiger partial charge on any atom is 0.411 e. The van der Waals surface area contributed by atoms with E-state index in [0.29, 0.717) is 31.4 Å². The number of amides is 3. The minimum Gasteiger partial charge on any atom is -0.439 e. The normalized spacial score (nSPS) is 19.5. The van der Waals surface area contributed by atoms with Crippen LogP contribution in [-0.4, -0.2) is 92.0 Å². The molecule has 3 amide bonds. The van der Waals surface area contributed by atoms with E-state index in [1.807, 2.05) is 54.6 Å². The Morgan fingerprint density at radius 2 is 1.70 bits per heavy atom. The number of halogens is 3. The molecule has 238 valence electrons. The van der Waals surface area contributed by atoms with E-state index in [1.54, 1.807) is 28.7 Å². The Hall–Kier alpha value is -2.78. The Labute approximate surface area is 274 Å². The number of carbonyl (C=O) groups is 3. The predicted octanol–water partition coefficient (Wildman–Crippen LogP) is 5.66. The third kappa shape index (κ3) is 7.71. The van der Waals surface area contributed by atoms with E-state index in [-0.39, 0.29) is 24.9 Å². The predicted molar refractivity (Wildman–Crippen MR) is 174 cm³/mol. The van der Waals surface area contributed by atoms with Gasteiger partial charge in [-0.3, -0.25) is 14.5 Å². The molecule has 2 bridgehead atoms. The quantitative estimate of drug-likeness (QED) is 0.368. The van der Waals surface area contributed by atoms with E-state index in [9.17, 15) is 19.5 Å². The van der Waals surface area contributed by atoms with Crippen molar-refractivity contribution < 1.29 is 24.2 Å². The SMILES string of the molecule is CC(=O)N1CC2CC(c3cccc(CC(C)O)c3)=C(C(=O)N(C)CCc3ccccc3)[C@@H](C1)N2C(=O)OC(C)(C)C(Cl)(Cl)Cl. The second-order valence-electron chi connectivity index (χ2n) is 12.2. The molecule has 0 spiro atoms. The number of aliphatic hydroxyl groups excluding tert-OH is 1. The number of benzene rings is 2. The van der Waals surface area contributed by atoms with Crippen molar-refractivity contribution in [1.29, 1.82) is 0 Å². The van der Waals surface area contributed by atoms with E-state index >= 15 is 0 Å². The highest BCUT2D eigenvalue weighted by atomic mass is 35.6. The lowest BCUT2D eigenvalue weighted by Crippen LogP contribution is -2.65. The van der Waals surface area contributed by atoms with Crippen LogP contribution in [-0.2, 0) is 27.2 Å². The first kappa shape index (κ1) is 34.1. The van der Waals surface area contributed by atoms with Crippen molar-refractivity contribution in [3.05, 3.63) is 76.9 Å². The number of nitrogens with zero attached hydrogens (tertiary/aromatic N) is 3. The summed E-state index contributed by atoms with van der Waals surface area (Å²) in [7, 11) is 1.74. The molecule has 1 fully saturated rings. The Morgan fingerprint density at radius 3 is 2.32 bits per heavy atom. The number of likely N-dealkylation sites (N-methyl/N-ethyl adjacent to an activating group) is 1. The van der Waals surface area contributed by atoms with E-state index in [2.05, 4.69) is 0 Å². The molecule has 0 aromatic heterocycles. The van der Waals surface area contributed by atoms with Gasteiger partial charge < -0.3 is 19.6 Å². The van der Waals surface area contributed by atoms with Gasteiger partial charge in [0.25, 0.3) is 5.91 Å². The number of aliphatic hydroxyl groups is 1. The van der Waals surface area contributed by atoms with Gasteiger partial charge in [-0.2, -0.15) is 0 Å². The summed E-state index contributed by atoms with van der Waals surface area (Å²) in [6, 6.07) is 16.4. The number of rotatable bonds is 8. The van der Waals surface area contributed by atoms with E-state index in [4.69, 9.17) is 39.5 Å². The van der Waals surface area contributed by atoms with Crippen LogP contribution in [0.1, 0.15) is 50.8 Å². The highest BCUT2D eigenvalue weighted by Crippen LogP contribution is 2.43. The van der Waals surface area contributed by atoms with Gasteiger partial charge >= 0.3 is 6.09 Å². The van der Waals surface area contributed by atoms with Crippen molar-refractivity contribution in [1.82, 2.24) is 14.7 Å². The zero-order valence-corrected chi connectivity index (χ0v) is 28.0. The molecule has 0 saturated carbocycles. The first-order valence-corrected chi connectivity index (χ1v) is 15.9. The van der Waals surface area contributed by atoms with Crippen LogP contribution in [0.3, 0.4) is 0 Å². The van der Waals surface area contributed by atoms with E-state index < -0.39 is 33.7 Å². The van der Waals surface area contributed by atoms with Crippen LogP contribution in [0.4, 0.5) is 4.79 Å². The summed E-state index contributed by atoms with van der Waals surface area (Å²) >= 11 is 18.4. The molecule has 8 nitrogen and oxygen atoms in total. The summed E-state index contributed by atoms with van der Waals surface area (Å²) in [5, 5.41) is 10.0. The summed E-state index contributed by atoms with van der Waals surface area (Å²) < 4.78 is 3.88. The van der Waals surface area contributed by atoms with Crippen LogP contribution in [0.5, 0.6) is 0 Å². The molecule has 3 atom stereocenters. The van der Waals surface area contributed by atoms with Crippen molar-refractivity contribution in [3.8, 4) is 0 Å². The lowest BCUT2D eigenvalue weighted by Gasteiger charge is -2.51. The van der Waals surface area contributed by atoms with Gasteiger partial charge in [0.05, 0.1) is 18.2 Å². The molecule has 2 aromatic rings. The number of hydrogen-bond donors (Lipinski definition) is 1. The average molecular weight is 665 g/mol. The Morgan fingerprint density at radius 1 is 1.05 bits per heavy atom. The topological polar surface area (TPSA) is 90.4 Å². The third-order valence-corrected chi connectivity index (χ3v) is 9.66. The van der Waals surface area contributed by atoms with Gasteiger partial charge in [0.15, 0.2) is 5.60 Å². The van der Waals surface area contributed by atoms with Gasteiger partial charge in [-0.15, -0.1) is 0 Å². The van der Waals surface area contributed by atoms with Crippen LogP contribution in [0.2, 0.25) is 0 Å². The second kappa shape index (κ2) is 13.7. The number of fused-ring (bicyclic) bond motifs is 2. The van der Waals surface area contributed by atoms with Gasteiger partial charge in [-0.25, -0.2) is 4.79 Å². The third-order valence-electron chi connectivity index (χ3n) is 8.30. The lowest BCUT2D eigenvalue weighted by atomic mass is 9.81. The fraction of sp³-hybridized carbons (Fsp3) is 0.485. The van der Waals surface area contributed by atoms with Crippen LogP contribution >= 0.6 is 34.8 Å². The van der Waals surface area contributed by atoms with Crippen molar-refractivity contribution in [2.24, 2.45) is 0 Å². The molecule has 0 radical (unpaired) electrons. The molecule has 44 heavy (non-hydrogen) atoms. The summed E-state index contributed by atoms with van der Waals surface area (Å²) in [4.78, 5) is 45.8. The van der Waals surface area contributed by atoms with Crippen molar-refractivity contribution in [2.75, 3.05) is 26.7 Å². The van der Waals surface area contributed by atoms with Crippen LogP contribution in [0.15, 0.2) is 60.2 Å². The molecular weight excluding hydrogens is 625 g/mol. The van der Waals surface area contributed by atoms with Crippen molar-refractivity contribution in [3.63, 3.8) is 0 Å². The first-order chi connectivity index (χ1) is 20.6. The van der Waals surface area contributed by atoms with E-state index in [1.165, 1.54) is 20.8 Å². The number of carbonyl (C=O) groups excluding carboxylic acids is 3. The minimum absolute atomic E-state index is 0.111. The Balaban J connectivity index is 1.80. The molecule has 1 saturated heterocycles. The fourth-order valence-electron chi connectivity index (χ4n) is 5.79. The van der Waals surface area contributed by atoms with Gasteiger partial charge in [0, 0.05) is 39.2 Å². The first-order valence-electron chi connectivity index (χ1n) is 14.7. The molecule has 2 aliphatic rings. The fourth-order valence-corrected chi connectivity index (χ4v) is 5.91. The largest absolute Gasteiger partial charge is 0.439 e. The molecule has 2 aliphatic heterocycles. The maximum atomic E-state index is 14.4. The Kier molecular flexibility index (Phi) is 10.6. The number of piperazine rings is 1. The zero-order valence-electron chi connectivity index (χ0n) is 25.7. The average Bonchev–Trinajstić information content (AvgIpc) is 2.94. The van der Waals surface area contributed by atoms with Crippen molar-refractivity contribution in [2.45, 2.75) is 74.5 Å². The summed E-state index contributed by atoms with van der Waals surface area (Å²) in [5.41, 5.74) is 2.60. The summed E-state index contributed by atoms with van der Waals surface area (Å²) in [6.45, 7) is 7.05. The molecule has 1 N–H and O–H groups in total. The lowest BCUT2D eigenvalue weighted by molar-refractivity contribution is -0.135. The number of hydrogen-bond acceptors (Lipinski definition) is 5. The van der Waals surface area contributed by atoms with E-state index in [0.717, 1.165) is 22.3 Å². The summed E-state index contributed by atoms with van der Waals surface area (Å²) in [6.07, 6.45) is 0.141. The summed E-state index contributed by atoms with van der Waals surface area (Å²) in [5.74, 6) is -0.398. The molecule has 11 heteroatoms. The molecule has 2 heterocycles. The zero-order chi connectivity index (χ0) is 32.4. The minimum atomic E-state index is -1.90. The van der Waals surface area contributed by atoms with Gasteiger partial charge in [-0.05, 0) is 62.3 Å². The van der Waals surface area contributed by atoms with Gasteiger partial charge in [0.1, 0.15) is 0 Å². The van der Waals surface area contributed by atoms with Crippen LogP contribution in [0, 0.1) is 0 Å². The van der Waals surface area contributed by atoms with Gasteiger partial charge in [0.2, 0.25) is 9.70 Å². The highest BCUT2D eigenvalue weighted by Gasteiger charge is 2.51. The van der Waals surface area contributed by atoms with Crippen molar-refractivity contribution >= 4 is 58.3 Å². The Bertz CT molecular complexity index is 1410. The molecule has 2 unspecified atom stereocenters. The molecule has 4 rings (SSSR count). The number of ether oxygens (including phenoxy) is 1. The smallest absolute Gasteiger partial charge is 0.411 e. The highest BCUT2D eigenvalue weighted by molar-refractivity contribution is 6.68.